The van der Waals surface area contributed by atoms with E-state index in [2.05, 4.69) is 10.0 Å². The molecule has 0 saturated heterocycles. The monoisotopic (exact) mass is 375 g/mol. The van der Waals surface area contributed by atoms with E-state index >= 15 is 0 Å². The van der Waals surface area contributed by atoms with Crippen LogP contribution in [0.2, 0.25) is 0 Å². The Morgan fingerprint density at radius 3 is 2.46 bits per heavy atom. The molecule has 0 unspecified atom stereocenters. The lowest BCUT2D eigenvalue weighted by Gasteiger charge is -2.13. The summed E-state index contributed by atoms with van der Waals surface area (Å²) in [6.45, 7) is 4.69. The highest BCUT2D eigenvalue weighted by atomic mass is 32.2. The Hall–Kier alpha value is -2.38. The van der Waals surface area contributed by atoms with Gasteiger partial charge in [-0.05, 0) is 62.6 Å². The van der Waals surface area contributed by atoms with Crippen LogP contribution in [-0.4, -0.2) is 27.4 Å². The largest absolute Gasteiger partial charge is 0.352 e. The molecule has 0 aliphatic carbocycles. The van der Waals surface area contributed by atoms with E-state index in [-0.39, 0.29) is 10.8 Å². The zero-order chi connectivity index (χ0) is 19.2. The molecule has 0 spiro atoms. The molecular formula is C19H25N3O3S. The molecule has 0 aromatic heterocycles. The number of carbonyl (C=O) groups excluding carboxylic acids is 1. The molecule has 0 aliphatic heterocycles. The molecule has 1 amide bonds. The van der Waals surface area contributed by atoms with Crippen molar-refractivity contribution in [3.05, 3.63) is 59.2 Å². The fourth-order valence-electron chi connectivity index (χ4n) is 2.47. The van der Waals surface area contributed by atoms with Crippen LogP contribution < -0.4 is 15.8 Å². The van der Waals surface area contributed by atoms with E-state index in [4.69, 9.17) is 5.73 Å². The molecule has 0 fully saturated rings. The van der Waals surface area contributed by atoms with Crippen LogP contribution in [0, 0.1) is 13.8 Å². The van der Waals surface area contributed by atoms with Crippen LogP contribution >= 0.6 is 0 Å². The number of anilines is 1. The van der Waals surface area contributed by atoms with Crippen molar-refractivity contribution >= 4 is 21.6 Å². The molecular weight excluding hydrogens is 350 g/mol. The van der Waals surface area contributed by atoms with Gasteiger partial charge in [0.1, 0.15) is 0 Å². The van der Waals surface area contributed by atoms with Gasteiger partial charge in [-0.2, -0.15) is 0 Å². The lowest BCUT2D eigenvalue weighted by atomic mass is 10.1. The van der Waals surface area contributed by atoms with Gasteiger partial charge >= 0.3 is 0 Å². The highest BCUT2D eigenvalue weighted by Gasteiger charge is 2.18. The van der Waals surface area contributed by atoms with E-state index in [1.165, 1.54) is 12.1 Å². The molecule has 0 heterocycles. The lowest BCUT2D eigenvalue weighted by Crippen LogP contribution is -2.26. The zero-order valence-corrected chi connectivity index (χ0v) is 15.9. The maximum atomic E-state index is 12.7. The summed E-state index contributed by atoms with van der Waals surface area (Å²) >= 11 is 0. The third-order valence-electron chi connectivity index (χ3n) is 4.07. The molecule has 2 aromatic carbocycles. The van der Waals surface area contributed by atoms with E-state index in [9.17, 15) is 13.2 Å². The third kappa shape index (κ3) is 5.06. The fourth-order valence-corrected chi connectivity index (χ4v) is 3.63. The van der Waals surface area contributed by atoms with Gasteiger partial charge in [-0.15, -0.1) is 0 Å². The number of aryl methyl sites for hydroxylation is 2. The second-order valence-electron chi connectivity index (χ2n) is 6.15. The molecule has 0 bridgehead atoms. The second-order valence-corrected chi connectivity index (χ2v) is 7.83. The van der Waals surface area contributed by atoms with Crippen molar-refractivity contribution < 1.29 is 13.2 Å². The summed E-state index contributed by atoms with van der Waals surface area (Å²) in [5.41, 5.74) is 7.84. The number of hydrogen-bond acceptors (Lipinski definition) is 4. The summed E-state index contributed by atoms with van der Waals surface area (Å²) in [5, 5.41) is 2.80. The van der Waals surface area contributed by atoms with Crippen molar-refractivity contribution in [1.29, 1.82) is 0 Å². The van der Waals surface area contributed by atoms with Gasteiger partial charge in [0, 0.05) is 12.1 Å². The van der Waals surface area contributed by atoms with Crippen molar-refractivity contribution in [2.75, 3.05) is 17.8 Å². The van der Waals surface area contributed by atoms with Crippen LogP contribution in [0.1, 0.15) is 34.3 Å². The van der Waals surface area contributed by atoms with Crippen molar-refractivity contribution in [3.8, 4) is 0 Å². The maximum absolute atomic E-state index is 12.7. The first-order chi connectivity index (χ1) is 12.3. The molecule has 2 rings (SSSR count). The Balaban J connectivity index is 2.22. The van der Waals surface area contributed by atoms with Gasteiger partial charge in [-0.3, -0.25) is 9.52 Å². The molecule has 2 aromatic rings. The normalized spacial score (nSPS) is 11.2. The number of nitrogens with two attached hydrogens (primary N) is 1. The minimum atomic E-state index is -3.78. The highest BCUT2D eigenvalue weighted by molar-refractivity contribution is 7.92. The molecule has 6 nitrogen and oxygen atoms in total. The maximum Gasteiger partial charge on any atom is 0.261 e. The number of amides is 1. The van der Waals surface area contributed by atoms with E-state index < -0.39 is 10.0 Å². The summed E-state index contributed by atoms with van der Waals surface area (Å²) < 4.78 is 27.9. The summed E-state index contributed by atoms with van der Waals surface area (Å²) in [6.07, 6.45) is 1.61. The summed E-state index contributed by atoms with van der Waals surface area (Å²) in [6, 6.07) is 11.7. The number of carbonyl (C=O) groups is 1. The predicted molar refractivity (Wildman–Crippen MR) is 104 cm³/mol. The first-order valence-corrected chi connectivity index (χ1v) is 10.0. The Labute approximate surface area is 154 Å². The minimum absolute atomic E-state index is 0.0541. The lowest BCUT2D eigenvalue weighted by molar-refractivity contribution is 0.0952. The number of rotatable bonds is 8. The van der Waals surface area contributed by atoms with E-state index in [0.29, 0.717) is 24.3 Å². The molecule has 26 heavy (non-hydrogen) atoms. The van der Waals surface area contributed by atoms with Crippen molar-refractivity contribution in [2.24, 2.45) is 5.73 Å². The van der Waals surface area contributed by atoms with Crippen LogP contribution in [0.3, 0.4) is 0 Å². The molecule has 7 heteroatoms. The van der Waals surface area contributed by atoms with E-state index in [1.54, 1.807) is 25.1 Å². The fraction of sp³-hybridized carbons (Fsp3) is 0.316. The number of unbranched alkanes of at least 4 members (excludes halogenated alkanes) is 1. The molecule has 0 aliphatic rings. The van der Waals surface area contributed by atoms with Crippen molar-refractivity contribution in [2.45, 2.75) is 31.6 Å². The number of para-hydroxylation sites is 1. The van der Waals surface area contributed by atoms with Crippen molar-refractivity contribution in [3.63, 3.8) is 0 Å². The Bertz CT molecular complexity index is 879. The van der Waals surface area contributed by atoms with Gasteiger partial charge in [-0.25, -0.2) is 8.42 Å². The number of sulfonamides is 1. The quantitative estimate of drug-likeness (QED) is 0.617. The van der Waals surface area contributed by atoms with Gasteiger partial charge in [0.05, 0.1) is 10.6 Å². The number of hydrogen-bond donors (Lipinski definition) is 3. The topological polar surface area (TPSA) is 101 Å². The molecule has 140 valence electrons. The Morgan fingerprint density at radius 2 is 1.77 bits per heavy atom. The SMILES string of the molecule is Cc1ccccc1NS(=O)(=O)c1ccc(C)c(C(=O)NCCCCN)c1. The average molecular weight is 375 g/mol. The Morgan fingerprint density at radius 1 is 1.04 bits per heavy atom. The highest BCUT2D eigenvalue weighted by Crippen LogP contribution is 2.21. The molecule has 0 radical (unpaired) electrons. The number of nitrogens with one attached hydrogen (secondary N) is 2. The van der Waals surface area contributed by atoms with Gasteiger partial charge in [0.2, 0.25) is 0 Å². The van der Waals surface area contributed by atoms with Crippen molar-refractivity contribution in [1.82, 2.24) is 5.32 Å². The first kappa shape index (κ1) is 19.9. The van der Waals surface area contributed by atoms with Gasteiger partial charge in [0.15, 0.2) is 0 Å². The van der Waals surface area contributed by atoms with E-state index in [1.807, 2.05) is 19.1 Å². The summed E-state index contributed by atoms with van der Waals surface area (Å²) in [5.74, 6) is -0.285. The van der Waals surface area contributed by atoms with Crippen LogP contribution in [0.25, 0.3) is 0 Å². The standard InChI is InChI=1S/C19H25N3O3S/c1-14-9-10-16(13-17(14)19(23)21-12-6-5-11-20)26(24,25)22-18-8-4-3-7-15(18)2/h3-4,7-10,13,22H,5-6,11-12,20H2,1-2H3,(H,21,23). The minimum Gasteiger partial charge on any atom is -0.352 e. The average Bonchev–Trinajstić information content (AvgIpc) is 2.60. The summed E-state index contributed by atoms with van der Waals surface area (Å²) in [7, 11) is -3.78. The predicted octanol–water partition coefficient (Wildman–Crippen LogP) is 2.57. The molecule has 0 saturated carbocycles. The first-order valence-electron chi connectivity index (χ1n) is 8.52. The van der Waals surface area contributed by atoms with Gasteiger partial charge in [-0.1, -0.05) is 24.3 Å². The molecule has 4 N–H and O–H groups in total. The second kappa shape index (κ2) is 8.82. The zero-order valence-electron chi connectivity index (χ0n) is 15.1. The van der Waals surface area contributed by atoms with Crippen LogP contribution in [0.5, 0.6) is 0 Å². The van der Waals surface area contributed by atoms with Gasteiger partial charge < -0.3 is 11.1 Å². The smallest absolute Gasteiger partial charge is 0.261 e. The van der Waals surface area contributed by atoms with Crippen LogP contribution in [0.15, 0.2) is 47.4 Å². The van der Waals surface area contributed by atoms with Crippen LogP contribution in [0.4, 0.5) is 5.69 Å². The number of benzene rings is 2. The summed E-state index contributed by atoms with van der Waals surface area (Å²) in [4.78, 5) is 12.4. The Kier molecular flexibility index (Phi) is 6.76. The van der Waals surface area contributed by atoms with E-state index in [0.717, 1.165) is 24.0 Å². The van der Waals surface area contributed by atoms with Crippen LogP contribution in [-0.2, 0) is 10.0 Å². The molecule has 0 atom stereocenters. The third-order valence-corrected chi connectivity index (χ3v) is 5.43. The van der Waals surface area contributed by atoms with Gasteiger partial charge in [0.25, 0.3) is 15.9 Å².